The summed E-state index contributed by atoms with van der Waals surface area (Å²) in [5, 5.41) is 12.4. The van der Waals surface area contributed by atoms with Gasteiger partial charge in [-0.25, -0.2) is 4.98 Å². The molecule has 0 unspecified atom stereocenters. The number of nitrogens with one attached hydrogen (secondary N) is 1. The highest BCUT2D eigenvalue weighted by molar-refractivity contribution is 6.02. The van der Waals surface area contributed by atoms with E-state index in [-0.39, 0.29) is 22.8 Å². The zero-order valence-electron chi connectivity index (χ0n) is 18.5. The van der Waals surface area contributed by atoms with Crippen LogP contribution in [0.25, 0.3) is 11.7 Å². The van der Waals surface area contributed by atoms with Crippen LogP contribution < -0.4 is 15.8 Å². The number of ether oxygens (including phenoxy) is 1. The van der Waals surface area contributed by atoms with Gasteiger partial charge < -0.3 is 19.9 Å². The van der Waals surface area contributed by atoms with Crippen LogP contribution in [-0.2, 0) is 9.53 Å². The van der Waals surface area contributed by atoms with Gasteiger partial charge in [-0.1, -0.05) is 6.07 Å². The van der Waals surface area contributed by atoms with Crippen molar-refractivity contribution in [3.63, 3.8) is 0 Å². The Morgan fingerprint density at radius 3 is 2.84 bits per heavy atom. The Balaban J connectivity index is 1.74. The van der Waals surface area contributed by atoms with Gasteiger partial charge in [0.05, 0.1) is 11.7 Å². The fourth-order valence-corrected chi connectivity index (χ4v) is 4.09. The molecule has 1 N–H and O–H groups in total. The van der Waals surface area contributed by atoms with Crippen LogP contribution in [0.5, 0.6) is 0 Å². The third kappa shape index (κ3) is 4.52. The Kier molecular flexibility index (Phi) is 6.53. The molecule has 0 radical (unpaired) electrons. The molecule has 0 saturated carbocycles. The number of amides is 1. The molecule has 2 aromatic rings. The third-order valence-corrected chi connectivity index (χ3v) is 6.04. The predicted molar refractivity (Wildman–Crippen MR) is 121 cm³/mol. The summed E-state index contributed by atoms with van der Waals surface area (Å²) < 4.78 is 7.00. The van der Waals surface area contributed by atoms with E-state index >= 15 is 0 Å². The van der Waals surface area contributed by atoms with Crippen molar-refractivity contribution in [2.24, 2.45) is 0 Å². The van der Waals surface area contributed by atoms with Gasteiger partial charge in [-0.05, 0) is 44.5 Å². The smallest absolute Gasteiger partial charge is 0.267 e. The standard InChI is InChI=1S/C23H28N6O3/c1-16-5-3-7-29-20(16)26-21(28-10-8-27(2)9-11-28)19(23(29)31)13-17(14-24)22(30)25-15-18-6-4-12-32-18/h3,5,7,13,18H,4,6,8-12,15H2,1-2H3,(H,25,30)/b17-13+/t18-/m1/s1. The second-order valence-electron chi connectivity index (χ2n) is 8.34. The number of pyridine rings is 1. The molecular formula is C23H28N6O3. The number of nitriles is 1. The van der Waals surface area contributed by atoms with Gasteiger partial charge in [0.25, 0.3) is 11.5 Å². The van der Waals surface area contributed by atoms with Gasteiger partial charge in [0.2, 0.25) is 0 Å². The Bertz CT molecular complexity index is 1130. The van der Waals surface area contributed by atoms with E-state index in [0.717, 1.165) is 31.5 Å². The SMILES string of the molecule is Cc1cccn2c(=O)c(/C=C(\C#N)C(=O)NC[C@H]3CCCO3)c(N3CCN(C)CC3)nc12. The van der Waals surface area contributed by atoms with Crippen molar-refractivity contribution >= 4 is 23.4 Å². The number of rotatable bonds is 5. The van der Waals surface area contributed by atoms with Gasteiger partial charge >= 0.3 is 0 Å². The summed E-state index contributed by atoms with van der Waals surface area (Å²) in [7, 11) is 2.05. The molecule has 4 rings (SSSR count). The molecule has 0 aliphatic carbocycles. The minimum Gasteiger partial charge on any atom is -0.376 e. The van der Waals surface area contributed by atoms with Crippen molar-refractivity contribution in [1.29, 1.82) is 5.26 Å². The summed E-state index contributed by atoms with van der Waals surface area (Å²) in [6, 6.07) is 5.65. The molecule has 0 spiro atoms. The molecule has 2 aromatic heterocycles. The van der Waals surface area contributed by atoms with Crippen molar-refractivity contribution < 1.29 is 9.53 Å². The first-order valence-electron chi connectivity index (χ1n) is 10.9. The van der Waals surface area contributed by atoms with Gasteiger partial charge in [-0.2, -0.15) is 5.26 Å². The Morgan fingerprint density at radius 2 is 2.16 bits per heavy atom. The monoisotopic (exact) mass is 436 g/mol. The van der Waals surface area contributed by atoms with Crippen LogP contribution in [0.15, 0.2) is 28.7 Å². The van der Waals surface area contributed by atoms with Crippen molar-refractivity contribution in [1.82, 2.24) is 19.6 Å². The Hall–Kier alpha value is -3.22. The van der Waals surface area contributed by atoms with E-state index in [4.69, 9.17) is 9.72 Å². The van der Waals surface area contributed by atoms with E-state index in [1.807, 2.05) is 19.1 Å². The normalized spacial score (nSPS) is 19.8. The highest BCUT2D eigenvalue weighted by Gasteiger charge is 2.23. The molecule has 1 amide bonds. The second kappa shape index (κ2) is 9.51. The molecule has 9 nitrogen and oxygen atoms in total. The average Bonchev–Trinajstić information content (AvgIpc) is 3.32. The van der Waals surface area contributed by atoms with Crippen LogP contribution in [0.3, 0.4) is 0 Å². The quantitative estimate of drug-likeness (QED) is 0.550. The largest absolute Gasteiger partial charge is 0.376 e. The van der Waals surface area contributed by atoms with Gasteiger partial charge in [-0.15, -0.1) is 0 Å². The fraction of sp³-hybridized carbons (Fsp3) is 0.478. The molecule has 2 fully saturated rings. The van der Waals surface area contributed by atoms with E-state index in [2.05, 4.69) is 22.2 Å². The molecule has 2 aliphatic rings. The molecule has 2 aliphatic heterocycles. The molecular weight excluding hydrogens is 408 g/mol. The molecule has 32 heavy (non-hydrogen) atoms. The number of nitrogens with zero attached hydrogens (tertiary/aromatic N) is 5. The Labute approximate surface area is 186 Å². The van der Waals surface area contributed by atoms with Crippen LogP contribution in [0.4, 0.5) is 5.82 Å². The highest BCUT2D eigenvalue weighted by Crippen LogP contribution is 2.22. The van der Waals surface area contributed by atoms with Crippen LogP contribution in [-0.4, -0.2) is 72.7 Å². The van der Waals surface area contributed by atoms with E-state index in [0.29, 0.717) is 37.7 Å². The van der Waals surface area contributed by atoms with Gasteiger partial charge in [0.15, 0.2) is 0 Å². The highest BCUT2D eigenvalue weighted by atomic mass is 16.5. The first-order valence-corrected chi connectivity index (χ1v) is 10.9. The molecule has 2 saturated heterocycles. The minimum absolute atomic E-state index is 0.0317. The summed E-state index contributed by atoms with van der Waals surface area (Å²) >= 11 is 0. The number of aryl methyl sites for hydroxylation is 1. The fourth-order valence-electron chi connectivity index (χ4n) is 4.09. The Morgan fingerprint density at radius 1 is 1.38 bits per heavy atom. The lowest BCUT2D eigenvalue weighted by atomic mass is 10.1. The van der Waals surface area contributed by atoms with Gasteiger partial charge in [0.1, 0.15) is 23.1 Å². The van der Waals surface area contributed by atoms with Crippen LogP contribution in [0.2, 0.25) is 0 Å². The molecule has 9 heteroatoms. The minimum atomic E-state index is -0.513. The molecule has 168 valence electrons. The second-order valence-corrected chi connectivity index (χ2v) is 8.34. The number of likely N-dealkylation sites (N-methyl/N-ethyl adjacent to an activating group) is 1. The maximum absolute atomic E-state index is 13.4. The zero-order chi connectivity index (χ0) is 22.7. The van der Waals surface area contributed by atoms with Crippen LogP contribution in [0.1, 0.15) is 24.0 Å². The third-order valence-electron chi connectivity index (χ3n) is 6.04. The average molecular weight is 437 g/mol. The lowest BCUT2D eigenvalue weighted by Gasteiger charge is -2.34. The van der Waals surface area contributed by atoms with Crippen molar-refractivity contribution in [3.05, 3.63) is 45.4 Å². The van der Waals surface area contributed by atoms with Crippen LogP contribution >= 0.6 is 0 Å². The summed E-state index contributed by atoms with van der Waals surface area (Å²) in [6.07, 6.45) is 4.86. The summed E-state index contributed by atoms with van der Waals surface area (Å²) in [6.45, 7) is 6.03. The number of anilines is 1. The van der Waals surface area contributed by atoms with E-state index in [1.54, 1.807) is 12.3 Å². The molecule has 0 bridgehead atoms. The van der Waals surface area contributed by atoms with Gasteiger partial charge in [-0.3, -0.25) is 14.0 Å². The summed E-state index contributed by atoms with van der Waals surface area (Å²) in [5.74, 6) is -0.00172. The lowest BCUT2D eigenvalue weighted by molar-refractivity contribution is -0.117. The number of hydrogen-bond acceptors (Lipinski definition) is 7. The maximum Gasteiger partial charge on any atom is 0.267 e. The molecule has 0 aromatic carbocycles. The van der Waals surface area contributed by atoms with E-state index in [1.165, 1.54) is 10.5 Å². The number of aromatic nitrogens is 2. The van der Waals surface area contributed by atoms with E-state index in [9.17, 15) is 14.9 Å². The van der Waals surface area contributed by atoms with E-state index < -0.39 is 5.91 Å². The van der Waals surface area contributed by atoms with Crippen molar-refractivity contribution in [2.45, 2.75) is 25.9 Å². The zero-order valence-corrected chi connectivity index (χ0v) is 18.5. The van der Waals surface area contributed by atoms with Crippen molar-refractivity contribution in [2.75, 3.05) is 51.3 Å². The number of fused-ring (bicyclic) bond motifs is 1. The number of piperazine rings is 1. The van der Waals surface area contributed by atoms with Crippen molar-refractivity contribution in [3.8, 4) is 6.07 Å². The maximum atomic E-state index is 13.4. The van der Waals surface area contributed by atoms with Gasteiger partial charge in [0, 0.05) is 45.5 Å². The number of carbonyl (C=O) groups excluding carboxylic acids is 1. The number of hydrogen-bond donors (Lipinski definition) is 1. The topological polar surface area (TPSA) is 103 Å². The first kappa shape index (κ1) is 22.0. The molecule has 4 heterocycles. The van der Waals surface area contributed by atoms with Crippen LogP contribution in [0, 0.1) is 18.3 Å². The predicted octanol–water partition coefficient (Wildman–Crippen LogP) is 0.957. The summed E-state index contributed by atoms with van der Waals surface area (Å²) in [4.78, 5) is 35.2. The lowest BCUT2D eigenvalue weighted by Crippen LogP contribution is -2.45. The summed E-state index contributed by atoms with van der Waals surface area (Å²) in [5.41, 5.74) is 1.29. The number of carbonyl (C=O) groups is 1. The first-order chi connectivity index (χ1) is 15.5. The molecule has 1 atom stereocenters.